The Hall–Kier alpha value is -0.870. The Morgan fingerprint density at radius 2 is 2.46 bits per heavy atom. The number of methoxy groups -OCH3 is 1. The van der Waals surface area contributed by atoms with Gasteiger partial charge in [-0.15, -0.1) is 0 Å². The number of nitrogens with one attached hydrogen (secondary N) is 1. The van der Waals surface area contributed by atoms with Gasteiger partial charge >= 0.3 is 0 Å². The van der Waals surface area contributed by atoms with E-state index in [1.54, 1.807) is 7.11 Å². The predicted molar refractivity (Wildman–Crippen MR) is 51.6 cm³/mol. The van der Waals surface area contributed by atoms with Gasteiger partial charge in [-0.2, -0.15) is 0 Å². The summed E-state index contributed by atoms with van der Waals surface area (Å²) in [7, 11) is 3.64. The van der Waals surface area contributed by atoms with E-state index in [9.17, 15) is 0 Å². The zero-order chi connectivity index (χ0) is 9.68. The van der Waals surface area contributed by atoms with E-state index in [2.05, 4.69) is 21.8 Å². The van der Waals surface area contributed by atoms with E-state index in [-0.39, 0.29) is 0 Å². The van der Waals surface area contributed by atoms with Crippen molar-refractivity contribution in [3.05, 3.63) is 18.2 Å². The van der Waals surface area contributed by atoms with Gasteiger partial charge in [0, 0.05) is 19.9 Å². The van der Waals surface area contributed by atoms with Crippen molar-refractivity contribution >= 4 is 0 Å². The van der Waals surface area contributed by atoms with E-state index in [0.29, 0.717) is 12.6 Å². The van der Waals surface area contributed by atoms with Crippen molar-refractivity contribution in [1.82, 2.24) is 14.9 Å². The molecule has 0 aromatic carbocycles. The first kappa shape index (κ1) is 10.2. The van der Waals surface area contributed by atoms with Crippen molar-refractivity contribution in [2.24, 2.45) is 0 Å². The van der Waals surface area contributed by atoms with Gasteiger partial charge in [0.1, 0.15) is 0 Å². The van der Waals surface area contributed by atoms with Gasteiger partial charge in [0.05, 0.1) is 24.7 Å². The number of ether oxygens (including phenoxy) is 1. The Balaban J connectivity index is 2.68. The highest BCUT2D eigenvalue weighted by Gasteiger charge is 2.07. The average Bonchev–Trinajstić information content (AvgIpc) is 2.54. The summed E-state index contributed by atoms with van der Waals surface area (Å²) < 4.78 is 7.22. The summed E-state index contributed by atoms with van der Waals surface area (Å²) in [6.07, 6.45) is 3.72. The van der Waals surface area contributed by atoms with Crippen LogP contribution in [0.3, 0.4) is 0 Å². The molecule has 13 heavy (non-hydrogen) atoms. The van der Waals surface area contributed by atoms with Crippen molar-refractivity contribution in [2.45, 2.75) is 19.5 Å². The molecule has 1 heterocycles. The SMILES string of the molecule is CNCc1cncn1C(C)COC. The predicted octanol–water partition coefficient (Wildman–Crippen LogP) is 0.810. The first-order chi connectivity index (χ1) is 6.29. The minimum absolute atomic E-state index is 0.343. The minimum atomic E-state index is 0.343. The lowest BCUT2D eigenvalue weighted by atomic mass is 10.3. The van der Waals surface area contributed by atoms with Crippen LogP contribution in [-0.2, 0) is 11.3 Å². The van der Waals surface area contributed by atoms with E-state index in [1.807, 2.05) is 19.6 Å². The molecule has 0 saturated carbocycles. The van der Waals surface area contributed by atoms with Crippen molar-refractivity contribution < 1.29 is 4.74 Å². The number of nitrogens with zero attached hydrogens (tertiary/aromatic N) is 2. The molecule has 0 aliphatic rings. The monoisotopic (exact) mass is 183 g/mol. The molecule has 1 unspecified atom stereocenters. The number of hydrogen-bond acceptors (Lipinski definition) is 3. The van der Waals surface area contributed by atoms with Gasteiger partial charge in [-0.25, -0.2) is 4.98 Å². The Morgan fingerprint density at radius 3 is 3.08 bits per heavy atom. The van der Waals surface area contributed by atoms with E-state index >= 15 is 0 Å². The molecule has 0 amide bonds. The zero-order valence-corrected chi connectivity index (χ0v) is 8.45. The fourth-order valence-electron chi connectivity index (χ4n) is 1.37. The third-order valence-corrected chi connectivity index (χ3v) is 1.99. The molecular formula is C9H17N3O. The van der Waals surface area contributed by atoms with Gasteiger partial charge < -0.3 is 14.6 Å². The largest absolute Gasteiger partial charge is 0.383 e. The second-order valence-corrected chi connectivity index (χ2v) is 3.13. The molecule has 1 N–H and O–H groups in total. The van der Waals surface area contributed by atoms with Crippen LogP contribution in [0.25, 0.3) is 0 Å². The molecule has 1 rings (SSSR count). The lowest BCUT2D eigenvalue weighted by molar-refractivity contribution is 0.161. The smallest absolute Gasteiger partial charge is 0.0951 e. The van der Waals surface area contributed by atoms with Gasteiger partial charge in [-0.3, -0.25) is 0 Å². The molecule has 0 fully saturated rings. The molecule has 74 valence electrons. The lowest BCUT2D eigenvalue weighted by Gasteiger charge is -2.15. The average molecular weight is 183 g/mol. The van der Waals surface area contributed by atoms with Crippen LogP contribution in [-0.4, -0.2) is 30.3 Å². The van der Waals surface area contributed by atoms with E-state index in [1.165, 1.54) is 5.69 Å². The highest BCUT2D eigenvalue weighted by molar-refractivity contribution is 4.99. The Labute approximate surface area is 78.9 Å². The summed E-state index contributed by atoms with van der Waals surface area (Å²) in [5, 5.41) is 3.11. The molecule has 0 bridgehead atoms. The second-order valence-electron chi connectivity index (χ2n) is 3.13. The van der Waals surface area contributed by atoms with Crippen LogP contribution >= 0.6 is 0 Å². The molecule has 0 radical (unpaired) electrons. The zero-order valence-electron chi connectivity index (χ0n) is 8.45. The van der Waals surface area contributed by atoms with Crippen molar-refractivity contribution in [1.29, 1.82) is 0 Å². The highest BCUT2D eigenvalue weighted by Crippen LogP contribution is 2.09. The summed E-state index contributed by atoms with van der Waals surface area (Å²) in [6, 6.07) is 0.343. The minimum Gasteiger partial charge on any atom is -0.383 e. The van der Waals surface area contributed by atoms with Crippen LogP contribution in [0.1, 0.15) is 18.7 Å². The van der Waals surface area contributed by atoms with Gasteiger partial charge in [-0.1, -0.05) is 0 Å². The number of hydrogen-bond donors (Lipinski definition) is 1. The third kappa shape index (κ3) is 2.54. The topological polar surface area (TPSA) is 39.1 Å². The third-order valence-electron chi connectivity index (χ3n) is 1.99. The van der Waals surface area contributed by atoms with Crippen molar-refractivity contribution in [3.63, 3.8) is 0 Å². The molecule has 1 aromatic rings. The maximum Gasteiger partial charge on any atom is 0.0951 e. The van der Waals surface area contributed by atoms with Crippen molar-refractivity contribution in [3.8, 4) is 0 Å². The highest BCUT2D eigenvalue weighted by atomic mass is 16.5. The fourth-order valence-corrected chi connectivity index (χ4v) is 1.37. The Morgan fingerprint density at radius 1 is 1.69 bits per heavy atom. The second kappa shape index (κ2) is 4.99. The van der Waals surface area contributed by atoms with Crippen LogP contribution in [0, 0.1) is 0 Å². The van der Waals surface area contributed by atoms with Crippen LogP contribution in [0.4, 0.5) is 0 Å². The molecule has 1 atom stereocenters. The van der Waals surface area contributed by atoms with Crippen molar-refractivity contribution in [2.75, 3.05) is 20.8 Å². The summed E-state index contributed by atoms with van der Waals surface area (Å²) in [4.78, 5) is 4.11. The molecule has 4 heteroatoms. The Bertz CT molecular complexity index is 247. The molecule has 1 aromatic heterocycles. The summed E-state index contributed by atoms with van der Waals surface area (Å²) in [6.45, 7) is 3.67. The van der Waals surface area contributed by atoms with Crippen LogP contribution in [0.5, 0.6) is 0 Å². The first-order valence-electron chi connectivity index (χ1n) is 4.43. The quantitative estimate of drug-likeness (QED) is 0.734. The lowest BCUT2D eigenvalue weighted by Crippen LogP contribution is -2.16. The summed E-state index contributed by atoms with van der Waals surface area (Å²) >= 11 is 0. The van der Waals surface area contributed by atoms with E-state index in [0.717, 1.165) is 6.54 Å². The molecule has 0 aliphatic heterocycles. The number of imidazole rings is 1. The first-order valence-corrected chi connectivity index (χ1v) is 4.43. The standard InChI is InChI=1S/C9H17N3O/c1-8(6-13-3)12-7-11-5-9(12)4-10-2/h5,7-8,10H,4,6H2,1-3H3. The number of rotatable bonds is 5. The normalized spacial score (nSPS) is 13.2. The summed E-state index contributed by atoms with van der Waals surface area (Å²) in [5.41, 5.74) is 1.19. The van der Waals surface area contributed by atoms with E-state index < -0.39 is 0 Å². The number of aromatic nitrogens is 2. The van der Waals surface area contributed by atoms with Gasteiger partial charge in [0.25, 0.3) is 0 Å². The maximum atomic E-state index is 5.09. The molecule has 0 saturated heterocycles. The maximum absolute atomic E-state index is 5.09. The molecular weight excluding hydrogens is 166 g/mol. The van der Waals surface area contributed by atoms with Gasteiger partial charge in [0.2, 0.25) is 0 Å². The summed E-state index contributed by atoms with van der Waals surface area (Å²) in [5.74, 6) is 0. The van der Waals surface area contributed by atoms with Gasteiger partial charge in [-0.05, 0) is 14.0 Å². The van der Waals surface area contributed by atoms with Crippen LogP contribution in [0.2, 0.25) is 0 Å². The molecule has 0 aliphatic carbocycles. The molecule has 4 nitrogen and oxygen atoms in total. The van der Waals surface area contributed by atoms with E-state index in [4.69, 9.17) is 4.74 Å². The van der Waals surface area contributed by atoms with Gasteiger partial charge in [0.15, 0.2) is 0 Å². The molecule has 0 spiro atoms. The van der Waals surface area contributed by atoms with Crippen LogP contribution in [0.15, 0.2) is 12.5 Å². The fraction of sp³-hybridized carbons (Fsp3) is 0.667. The Kier molecular flexibility index (Phi) is 3.92. The van der Waals surface area contributed by atoms with Crippen LogP contribution < -0.4 is 5.32 Å².